The van der Waals surface area contributed by atoms with Crippen LogP contribution in [0.5, 0.6) is 0 Å². The number of hydrogen-bond acceptors (Lipinski definition) is 2. The number of benzene rings is 1. The minimum Gasteiger partial charge on any atom is -0.326 e. The summed E-state index contributed by atoms with van der Waals surface area (Å²) in [6.07, 6.45) is 4.29. The van der Waals surface area contributed by atoms with Gasteiger partial charge in [0.05, 0.1) is 10.7 Å². The van der Waals surface area contributed by atoms with E-state index < -0.39 is 0 Å². The topological polar surface area (TPSA) is 46.4 Å². The van der Waals surface area contributed by atoms with Crippen molar-refractivity contribution in [1.29, 1.82) is 0 Å². The van der Waals surface area contributed by atoms with Gasteiger partial charge in [-0.15, -0.1) is 0 Å². The minimum atomic E-state index is 0.0372. The maximum Gasteiger partial charge on any atom is 0.224 e. The van der Waals surface area contributed by atoms with Crippen LogP contribution in [0, 0.1) is 5.92 Å². The van der Waals surface area contributed by atoms with Crippen molar-refractivity contribution in [3.63, 3.8) is 0 Å². The first kappa shape index (κ1) is 15.6. The van der Waals surface area contributed by atoms with Crippen LogP contribution in [-0.4, -0.2) is 15.3 Å². The highest BCUT2D eigenvalue weighted by atomic mass is 35.5. The van der Waals surface area contributed by atoms with Crippen LogP contribution in [0.2, 0.25) is 5.02 Å². The summed E-state index contributed by atoms with van der Waals surface area (Å²) in [7, 11) is 0. The molecule has 0 saturated carbocycles. The van der Waals surface area contributed by atoms with Crippen molar-refractivity contribution in [3.8, 4) is 11.3 Å². The third kappa shape index (κ3) is 3.71. The van der Waals surface area contributed by atoms with E-state index in [9.17, 15) is 4.79 Å². The monoisotopic (exact) mass is 327 g/mol. The molecule has 4 nitrogen and oxygen atoms in total. The van der Waals surface area contributed by atoms with Gasteiger partial charge in [0.2, 0.25) is 5.91 Å². The number of aromatic nitrogens is 2. The van der Waals surface area contributed by atoms with E-state index in [1.165, 1.54) is 0 Å². The molecule has 0 spiro atoms. The highest BCUT2D eigenvalue weighted by molar-refractivity contribution is 6.30. The molecule has 0 atom stereocenters. The maximum absolute atomic E-state index is 11.8. The summed E-state index contributed by atoms with van der Waals surface area (Å²) in [6, 6.07) is 11.4. The molecule has 23 heavy (non-hydrogen) atoms. The van der Waals surface area contributed by atoms with Crippen molar-refractivity contribution in [3.05, 3.63) is 53.8 Å². The summed E-state index contributed by atoms with van der Waals surface area (Å²) in [5.41, 5.74) is 3.50. The Morgan fingerprint density at radius 3 is 2.61 bits per heavy atom. The molecule has 118 valence electrons. The van der Waals surface area contributed by atoms with Crippen molar-refractivity contribution in [2.45, 2.75) is 20.3 Å². The summed E-state index contributed by atoms with van der Waals surface area (Å²) in [5.74, 6) is 0.384. The number of halogens is 1. The summed E-state index contributed by atoms with van der Waals surface area (Å²) in [4.78, 5) is 16.4. The predicted octanol–water partition coefficient (Wildman–Crippen LogP) is 4.64. The molecule has 0 radical (unpaired) electrons. The van der Waals surface area contributed by atoms with E-state index in [0.717, 1.165) is 22.6 Å². The van der Waals surface area contributed by atoms with Gasteiger partial charge in [0.15, 0.2) is 0 Å². The molecule has 3 aromatic rings. The summed E-state index contributed by atoms with van der Waals surface area (Å²) < 4.78 is 1.90. The van der Waals surface area contributed by atoms with E-state index in [4.69, 9.17) is 11.6 Å². The third-order valence-corrected chi connectivity index (χ3v) is 3.70. The van der Waals surface area contributed by atoms with E-state index in [-0.39, 0.29) is 5.91 Å². The molecular formula is C18H18ClN3O. The number of carbonyl (C=O) groups excluding carboxylic acids is 1. The molecule has 0 saturated heterocycles. The molecule has 0 aliphatic carbocycles. The SMILES string of the molecule is CC(C)CC(=O)Nc1ccc(-c2cn3cc(Cl)ccc3n2)cc1. The van der Waals surface area contributed by atoms with E-state index in [0.29, 0.717) is 17.4 Å². The zero-order valence-electron chi connectivity index (χ0n) is 13.1. The van der Waals surface area contributed by atoms with Crippen molar-refractivity contribution in [1.82, 2.24) is 9.38 Å². The number of pyridine rings is 1. The highest BCUT2D eigenvalue weighted by Crippen LogP contribution is 2.22. The van der Waals surface area contributed by atoms with Gasteiger partial charge in [-0.1, -0.05) is 37.6 Å². The molecule has 1 amide bonds. The molecule has 3 rings (SSSR count). The van der Waals surface area contributed by atoms with Crippen molar-refractivity contribution < 1.29 is 4.79 Å². The number of rotatable bonds is 4. The second-order valence-electron chi connectivity index (χ2n) is 5.96. The molecule has 0 aliphatic rings. The fraction of sp³-hybridized carbons (Fsp3) is 0.222. The van der Waals surface area contributed by atoms with Gasteiger partial charge in [0, 0.05) is 30.1 Å². The Morgan fingerprint density at radius 2 is 1.91 bits per heavy atom. The molecule has 0 aliphatic heterocycles. The van der Waals surface area contributed by atoms with E-state index in [1.807, 2.05) is 67.0 Å². The molecule has 1 aromatic carbocycles. The third-order valence-electron chi connectivity index (χ3n) is 3.47. The predicted molar refractivity (Wildman–Crippen MR) is 93.7 cm³/mol. The lowest BCUT2D eigenvalue weighted by molar-refractivity contribution is -0.116. The van der Waals surface area contributed by atoms with Crippen molar-refractivity contribution in [2.24, 2.45) is 5.92 Å². The van der Waals surface area contributed by atoms with Crippen LogP contribution in [0.1, 0.15) is 20.3 Å². The van der Waals surface area contributed by atoms with Crippen LogP contribution < -0.4 is 5.32 Å². The molecular weight excluding hydrogens is 310 g/mol. The number of nitrogens with one attached hydrogen (secondary N) is 1. The highest BCUT2D eigenvalue weighted by Gasteiger charge is 2.07. The first-order valence-corrected chi connectivity index (χ1v) is 7.93. The summed E-state index contributed by atoms with van der Waals surface area (Å²) in [6.45, 7) is 4.05. The van der Waals surface area contributed by atoms with Crippen LogP contribution in [0.25, 0.3) is 16.9 Å². The fourth-order valence-electron chi connectivity index (χ4n) is 2.41. The number of fused-ring (bicyclic) bond motifs is 1. The largest absolute Gasteiger partial charge is 0.326 e. The van der Waals surface area contributed by atoms with E-state index >= 15 is 0 Å². The Hall–Kier alpha value is -2.33. The Bertz CT molecular complexity index is 837. The molecule has 0 fully saturated rings. The summed E-state index contributed by atoms with van der Waals surface area (Å²) in [5, 5.41) is 3.57. The lowest BCUT2D eigenvalue weighted by Gasteiger charge is -2.07. The van der Waals surface area contributed by atoms with E-state index in [1.54, 1.807) is 0 Å². The number of imidazole rings is 1. The second-order valence-corrected chi connectivity index (χ2v) is 6.40. The molecule has 0 unspecified atom stereocenters. The van der Waals surface area contributed by atoms with Gasteiger partial charge in [-0.05, 0) is 30.2 Å². The van der Waals surface area contributed by atoms with Crippen LogP contribution >= 0.6 is 11.6 Å². The molecule has 5 heteroatoms. The number of amides is 1. The normalized spacial score (nSPS) is 11.1. The smallest absolute Gasteiger partial charge is 0.224 e. The lowest BCUT2D eigenvalue weighted by Crippen LogP contribution is -2.13. The zero-order chi connectivity index (χ0) is 16.4. The summed E-state index contributed by atoms with van der Waals surface area (Å²) >= 11 is 5.99. The Balaban J connectivity index is 1.79. The minimum absolute atomic E-state index is 0.0372. The molecule has 2 heterocycles. The average molecular weight is 328 g/mol. The Morgan fingerprint density at radius 1 is 1.17 bits per heavy atom. The van der Waals surface area contributed by atoms with Gasteiger partial charge in [-0.25, -0.2) is 4.98 Å². The zero-order valence-corrected chi connectivity index (χ0v) is 13.8. The van der Waals surface area contributed by atoms with Crippen LogP contribution in [0.4, 0.5) is 5.69 Å². The number of nitrogens with zero attached hydrogens (tertiary/aromatic N) is 2. The van der Waals surface area contributed by atoms with Gasteiger partial charge in [-0.2, -0.15) is 0 Å². The van der Waals surface area contributed by atoms with Crippen LogP contribution in [0.15, 0.2) is 48.8 Å². The Labute approximate surface area is 140 Å². The van der Waals surface area contributed by atoms with Crippen LogP contribution in [-0.2, 0) is 4.79 Å². The van der Waals surface area contributed by atoms with Crippen molar-refractivity contribution >= 4 is 28.8 Å². The Kier molecular flexibility index (Phi) is 4.35. The first-order chi connectivity index (χ1) is 11.0. The second kappa shape index (κ2) is 6.42. The number of carbonyl (C=O) groups is 1. The number of anilines is 1. The lowest BCUT2D eigenvalue weighted by atomic mass is 10.1. The molecule has 2 aromatic heterocycles. The van der Waals surface area contributed by atoms with Crippen molar-refractivity contribution in [2.75, 3.05) is 5.32 Å². The van der Waals surface area contributed by atoms with E-state index in [2.05, 4.69) is 10.3 Å². The van der Waals surface area contributed by atoms with Gasteiger partial charge in [0.25, 0.3) is 0 Å². The van der Waals surface area contributed by atoms with Gasteiger partial charge in [0.1, 0.15) is 5.65 Å². The van der Waals surface area contributed by atoms with Gasteiger partial charge >= 0.3 is 0 Å². The maximum atomic E-state index is 11.8. The molecule has 1 N–H and O–H groups in total. The quantitative estimate of drug-likeness (QED) is 0.758. The van der Waals surface area contributed by atoms with Gasteiger partial charge < -0.3 is 9.72 Å². The van der Waals surface area contributed by atoms with Crippen LogP contribution in [0.3, 0.4) is 0 Å². The number of hydrogen-bond donors (Lipinski definition) is 1. The fourth-order valence-corrected chi connectivity index (χ4v) is 2.58. The standard InChI is InChI=1S/C18H18ClN3O/c1-12(2)9-18(23)20-15-6-3-13(4-7-15)16-11-22-10-14(19)5-8-17(22)21-16/h3-8,10-12H,9H2,1-2H3,(H,20,23). The first-order valence-electron chi connectivity index (χ1n) is 7.56. The molecule has 0 bridgehead atoms. The van der Waals surface area contributed by atoms with Gasteiger partial charge in [-0.3, -0.25) is 4.79 Å². The average Bonchev–Trinajstić information content (AvgIpc) is 2.90.